The maximum absolute atomic E-state index is 12.2. The second-order valence-electron chi connectivity index (χ2n) is 7.45. The highest BCUT2D eigenvalue weighted by atomic mass is 16.5. The number of carbonyl (C=O) groups is 1. The monoisotopic (exact) mass is 338 g/mol. The third-order valence-corrected chi connectivity index (χ3v) is 5.13. The third-order valence-electron chi connectivity index (χ3n) is 5.13. The normalized spacial score (nSPS) is 12.7. The lowest BCUT2D eigenvalue weighted by Crippen LogP contribution is -2.25. The molecule has 0 aromatic heterocycles. The van der Waals surface area contributed by atoms with E-state index < -0.39 is 5.41 Å². The van der Waals surface area contributed by atoms with Crippen LogP contribution in [0.1, 0.15) is 64.5 Å². The maximum Gasteiger partial charge on any atom is 0.311 e. The van der Waals surface area contributed by atoms with Crippen LogP contribution in [0.3, 0.4) is 0 Å². The Bertz CT molecular complexity index is 716. The Morgan fingerprint density at radius 1 is 1.04 bits per heavy atom. The molecule has 0 saturated carbocycles. The van der Waals surface area contributed by atoms with Gasteiger partial charge in [0.1, 0.15) is 6.61 Å². The van der Waals surface area contributed by atoms with Gasteiger partial charge in [-0.25, -0.2) is 0 Å². The summed E-state index contributed by atoms with van der Waals surface area (Å²) >= 11 is 0. The van der Waals surface area contributed by atoms with Crippen molar-refractivity contribution < 1.29 is 9.53 Å². The molecule has 0 aliphatic rings. The first kappa shape index (κ1) is 19.2. The van der Waals surface area contributed by atoms with E-state index in [1.54, 1.807) is 0 Å². The van der Waals surface area contributed by atoms with Crippen molar-refractivity contribution in [2.24, 2.45) is 5.41 Å². The number of hydrogen-bond acceptors (Lipinski definition) is 2. The Hall–Kier alpha value is -2.09. The fraction of sp³-hybridized carbons (Fsp3) is 0.435. The summed E-state index contributed by atoms with van der Waals surface area (Å²) < 4.78 is 5.52. The van der Waals surface area contributed by atoms with Gasteiger partial charge in [0.2, 0.25) is 0 Å². The van der Waals surface area contributed by atoms with Crippen LogP contribution in [0.4, 0.5) is 0 Å². The minimum absolute atomic E-state index is 0.140. The molecule has 0 fully saturated rings. The predicted molar refractivity (Wildman–Crippen MR) is 104 cm³/mol. The van der Waals surface area contributed by atoms with E-state index >= 15 is 0 Å². The summed E-state index contributed by atoms with van der Waals surface area (Å²) in [7, 11) is 0. The summed E-state index contributed by atoms with van der Waals surface area (Å²) in [6.07, 6.45) is 1.90. The Labute approximate surface area is 152 Å². The lowest BCUT2D eigenvalue weighted by Gasteiger charge is -2.20. The molecule has 0 N–H and O–H groups in total. The molecule has 2 heteroatoms. The molecule has 0 bridgehead atoms. The van der Waals surface area contributed by atoms with Gasteiger partial charge in [-0.05, 0) is 60.9 Å². The van der Waals surface area contributed by atoms with Gasteiger partial charge in [-0.15, -0.1) is 0 Å². The number of ether oxygens (including phenoxy) is 1. The van der Waals surface area contributed by atoms with E-state index in [1.165, 1.54) is 11.1 Å². The van der Waals surface area contributed by atoms with Gasteiger partial charge in [0.05, 0.1) is 5.41 Å². The second kappa shape index (κ2) is 8.33. The van der Waals surface area contributed by atoms with Crippen LogP contribution in [0.15, 0.2) is 48.5 Å². The molecule has 0 radical (unpaired) electrons. The maximum atomic E-state index is 12.2. The van der Waals surface area contributed by atoms with Gasteiger partial charge < -0.3 is 4.74 Å². The first-order valence-electron chi connectivity index (χ1n) is 9.24. The number of rotatable bonds is 7. The molecule has 0 aliphatic carbocycles. The summed E-state index contributed by atoms with van der Waals surface area (Å²) in [6.45, 7) is 10.6. The summed E-state index contributed by atoms with van der Waals surface area (Å²) in [6, 6.07) is 17.0. The Morgan fingerprint density at radius 2 is 1.68 bits per heavy atom. The lowest BCUT2D eigenvalue weighted by atomic mass is 9.91. The van der Waals surface area contributed by atoms with Crippen LogP contribution in [-0.4, -0.2) is 5.97 Å². The molecular weight excluding hydrogens is 308 g/mol. The van der Waals surface area contributed by atoms with Gasteiger partial charge in [-0.2, -0.15) is 0 Å². The molecule has 0 spiro atoms. The van der Waals surface area contributed by atoms with Crippen molar-refractivity contribution in [3.05, 3.63) is 59.7 Å². The largest absolute Gasteiger partial charge is 0.460 e. The lowest BCUT2D eigenvalue weighted by molar-refractivity contribution is -0.155. The Balaban J connectivity index is 2.15. The van der Waals surface area contributed by atoms with Gasteiger partial charge in [-0.1, -0.05) is 63.2 Å². The summed E-state index contributed by atoms with van der Waals surface area (Å²) in [4.78, 5) is 12.2. The molecule has 2 aromatic rings. The summed E-state index contributed by atoms with van der Waals surface area (Å²) in [5.74, 6) is 0.416. The molecule has 2 rings (SSSR count). The fourth-order valence-corrected chi connectivity index (χ4v) is 2.59. The molecule has 1 unspecified atom stereocenters. The smallest absolute Gasteiger partial charge is 0.311 e. The Morgan fingerprint density at radius 3 is 2.32 bits per heavy atom. The molecule has 2 aromatic carbocycles. The predicted octanol–water partition coefficient (Wildman–Crippen LogP) is 6.35. The quantitative estimate of drug-likeness (QED) is 0.550. The molecule has 0 aliphatic heterocycles. The number of carbonyl (C=O) groups excluding carboxylic acids is 1. The van der Waals surface area contributed by atoms with Crippen molar-refractivity contribution in [3.63, 3.8) is 0 Å². The van der Waals surface area contributed by atoms with Gasteiger partial charge in [0.25, 0.3) is 0 Å². The average Bonchev–Trinajstić information content (AvgIpc) is 2.65. The van der Waals surface area contributed by atoms with Crippen molar-refractivity contribution in [1.82, 2.24) is 0 Å². The molecule has 0 heterocycles. The van der Waals surface area contributed by atoms with Crippen LogP contribution in [0, 0.1) is 5.41 Å². The molecule has 2 nitrogen and oxygen atoms in total. The van der Waals surface area contributed by atoms with Crippen LogP contribution in [-0.2, 0) is 16.1 Å². The number of hydrogen-bond donors (Lipinski definition) is 0. The van der Waals surface area contributed by atoms with Gasteiger partial charge in [0, 0.05) is 0 Å². The first-order valence-corrected chi connectivity index (χ1v) is 9.24. The van der Waals surface area contributed by atoms with Crippen molar-refractivity contribution >= 4 is 5.97 Å². The highest BCUT2D eigenvalue weighted by Gasteiger charge is 2.26. The van der Waals surface area contributed by atoms with Crippen LogP contribution in [0.5, 0.6) is 0 Å². The minimum Gasteiger partial charge on any atom is -0.460 e. The molecular formula is C23H30O2. The van der Waals surface area contributed by atoms with Crippen LogP contribution in [0.2, 0.25) is 0 Å². The SMILES string of the molecule is CCC(C)c1cccc(-c2cccc(COC(=O)C(C)(C)CC)c2)c1. The van der Waals surface area contributed by atoms with Crippen LogP contribution >= 0.6 is 0 Å². The van der Waals surface area contributed by atoms with E-state index in [0.717, 1.165) is 24.0 Å². The van der Waals surface area contributed by atoms with Gasteiger partial charge in [-0.3, -0.25) is 4.79 Å². The van der Waals surface area contributed by atoms with Crippen molar-refractivity contribution in [2.75, 3.05) is 0 Å². The zero-order valence-electron chi connectivity index (χ0n) is 16.1. The van der Waals surface area contributed by atoms with E-state index in [2.05, 4.69) is 50.2 Å². The second-order valence-corrected chi connectivity index (χ2v) is 7.45. The topological polar surface area (TPSA) is 26.3 Å². The van der Waals surface area contributed by atoms with Crippen molar-refractivity contribution in [1.29, 1.82) is 0 Å². The average molecular weight is 338 g/mol. The van der Waals surface area contributed by atoms with Crippen LogP contribution < -0.4 is 0 Å². The summed E-state index contributed by atoms with van der Waals surface area (Å²) in [5.41, 5.74) is 4.32. The van der Waals surface area contributed by atoms with Crippen molar-refractivity contribution in [3.8, 4) is 11.1 Å². The van der Waals surface area contributed by atoms with Crippen LogP contribution in [0.25, 0.3) is 11.1 Å². The molecule has 25 heavy (non-hydrogen) atoms. The van der Waals surface area contributed by atoms with Gasteiger partial charge in [0.15, 0.2) is 0 Å². The van der Waals surface area contributed by atoms with Gasteiger partial charge >= 0.3 is 5.97 Å². The first-order chi connectivity index (χ1) is 11.9. The Kier molecular flexibility index (Phi) is 6.41. The number of benzene rings is 2. The highest BCUT2D eigenvalue weighted by Crippen LogP contribution is 2.27. The minimum atomic E-state index is -0.428. The highest BCUT2D eigenvalue weighted by molar-refractivity contribution is 5.75. The zero-order valence-corrected chi connectivity index (χ0v) is 16.1. The van der Waals surface area contributed by atoms with E-state index in [-0.39, 0.29) is 5.97 Å². The molecule has 0 amide bonds. The zero-order chi connectivity index (χ0) is 18.4. The molecule has 0 saturated heterocycles. The number of esters is 1. The van der Waals surface area contributed by atoms with E-state index in [9.17, 15) is 4.79 Å². The third kappa shape index (κ3) is 4.94. The van der Waals surface area contributed by atoms with E-state index in [4.69, 9.17) is 4.74 Å². The molecule has 1 atom stereocenters. The van der Waals surface area contributed by atoms with E-state index in [1.807, 2.05) is 32.9 Å². The van der Waals surface area contributed by atoms with Crippen molar-refractivity contribution in [2.45, 2.75) is 60.0 Å². The standard InChI is InChI=1S/C23H30O2/c1-6-17(3)19-11-9-13-21(15-19)20-12-8-10-18(14-20)16-25-22(24)23(4,5)7-2/h8-15,17H,6-7,16H2,1-5H3. The van der Waals surface area contributed by atoms with E-state index in [0.29, 0.717) is 12.5 Å². The fourth-order valence-electron chi connectivity index (χ4n) is 2.59. The summed E-state index contributed by atoms with van der Waals surface area (Å²) in [5, 5.41) is 0. The molecule has 134 valence electrons.